The Morgan fingerprint density at radius 1 is 0.971 bits per heavy atom. The van der Waals surface area contributed by atoms with E-state index in [0.717, 1.165) is 38.9 Å². The number of benzene rings is 1. The molecule has 1 rings (SSSR count). The number of phenols is 1. The van der Waals surface area contributed by atoms with Gasteiger partial charge in [0.05, 0.1) is 18.4 Å². The van der Waals surface area contributed by atoms with Crippen molar-refractivity contribution in [2.24, 2.45) is 0 Å². The number of hydrogen-bond donors (Lipinski definition) is 6. The summed E-state index contributed by atoms with van der Waals surface area (Å²) in [6, 6.07) is 6.75. The van der Waals surface area contributed by atoms with Crippen molar-refractivity contribution in [2.75, 3.05) is 19.6 Å². The van der Waals surface area contributed by atoms with Crippen LogP contribution >= 0.6 is 0 Å². The van der Waals surface area contributed by atoms with Crippen molar-refractivity contribution in [1.82, 2.24) is 10.2 Å². The molecule has 0 saturated carbocycles. The van der Waals surface area contributed by atoms with Crippen molar-refractivity contribution >= 4 is 23.8 Å². The number of phenolic OH excluding ortho intramolecular Hbond substituents is 1. The Bertz CT molecular complexity index is 793. The van der Waals surface area contributed by atoms with Crippen LogP contribution in [-0.2, 0) is 14.4 Å². The molecule has 0 aliphatic heterocycles. The molecular weight excluding hydrogens is 448 g/mol. The first kappa shape index (κ1) is 30.8. The minimum atomic E-state index is -2.74. The summed E-state index contributed by atoms with van der Waals surface area (Å²) in [5, 5.41) is 46.4. The van der Waals surface area contributed by atoms with Gasteiger partial charge in [-0.05, 0) is 51.5 Å². The normalized spacial score (nSPS) is 11.8. The molecule has 192 valence electrons. The van der Waals surface area contributed by atoms with Gasteiger partial charge in [-0.1, -0.05) is 32.4 Å². The molecule has 11 heteroatoms. The molecule has 0 aliphatic rings. The minimum absolute atomic E-state index is 0.0312. The van der Waals surface area contributed by atoms with Gasteiger partial charge in [-0.15, -0.1) is 0 Å². The van der Waals surface area contributed by atoms with Crippen LogP contribution in [0.5, 0.6) is 5.75 Å². The van der Waals surface area contributed by atoms with Crippen LogP contribution < -0.4 is 5.32 Å². The Kier molecular flexibility index (Phi) is 14.2. The molecule has 1 aromatic rings. The number of aliphatic hydroxyl groups is 1. The Hall–Kier alpha value is -3.18. The average molecular weight is 485 g/mol. The standard InChI is InChI=1S/C17H28N2O2.C6H8O7/c1-4-19(5-2)13-9-8-10-14(3)18-17(21)15-11-6-7-12-16(15)20;7-3(8)1-6(13,5(11)12)2-4(9)10/h6-7,11-12,14,20H,4-5,8-10,13H2,1-3H3,(H,18,21);13H,1-2H2,(H,7,8)(H,9,10)(H,11,12). The SMILES string of the molecule is CCN(CC)CCCCC(C)NC(=O)c1ccccc1O.O=C(O)CC(O)(CC(=O)O)C(=O)O. The van der Waals surface area contributed by atoms with Crippen molar-refractivity contribution < 1.29 is 44.7 Å². The Morgan fingerprint density at radius 2 is 1.50 bits per heavy atom. The fourth-order valence-corrected chi connectivity index (χ4v) is 3.08. The van der Waals surface area contributed by atoms with Crippen LogP contribution in [0, 0.1) is 0 Å². The van der Waals surface area contributed by atoms with E-state index in [-0.39, 0.29) is 17.7 Å². The molecule has 0 spiro atoms. The number of hydrogen-bond acceptors (Lipinski definition) is 7. The van der Waals surface area contributed by atoms with Gasteiger partial charge >= 0.3 is 17.9 Å². The average Bonchev–Trinajstić information content (AvgIpc) is 2.73. The van der Waals surface area contributed by atoms with Crippen molar-refractivity contribution in [3.8, 4) is 5.75 Å². The first-order valence-electron chi connectivity index (χ1n) is 11.1. The molecule has 0 saturated heterocycles. The van der Waals surface area contributed by atoms with Crippen molar-refractivity contribution in [3.63, 3.8) is 0 Å². The number of para-hydroxylation sites is 1. The molecule has 1 unspecified atom stereocenters. The smallest absolute Gasteiger partial charge is 0.336 e. The van der Waals surface area contributed by atoms with Crippen LogP contribution in [0.2, 0.25) is 0 Å². The number of carboxylic acids is 3. The zero-order valence-electron chi connectivity index (χ0n) is 19.9. The molecule has 1 amide bonds. The Labute approximate surface area is 199 Å². The number of nitrogens with zero attached hydrogens (tertiary/aromatic N) is 1. The van der Waals surface area contributed by atoms with E-state index in [1.165, 1.54) is 6.07 Å². The van der Waals surface area contributed by atoms with E-state index in [9.17, 15) is 24.3 Å². The molecular formula is C23H36N2O9. The molecule has 11 nitrogen and oxygen atoms in total. The largest absolute Gasteiger partial charge is 0.507 e. The predicted octanol–water partition coefficient (Wildman–Crippen LogP) is 1.77. The number of aliphatic carboxylic acids is 3. The molecule has 0 radical (unpaired) electrons. The topological polar surface area (TPSA) is 185 Å². The van der Waals surface area contributed by atoms with Gasteiger partial charge in [0.1, 0.15) is 5.75 Å². The maximum absolute atomic E-state index is 12.0. The van der Waals surface area contributed by atoms with Gasteiger partial charge in [0, 0.05) is 6.04 Å². The summed E-state index contributed by atoms with van der Waals surface area (Å²) in [5.41, 5.74) is -2.40. The van der Waals surface area contributed by atoms with Gasteiger partial charge in [0.25, 0.3) is 5.91 Å². The lowest BCUT2D eigenvalue weighted by atomic mass is 9.96. The van der Waals surface area contributed by atoms with Crippen LogP contribution in [0.15, 0.2) is 24.3 Å². The molecule has 1 atom stereocenters. The highest BCUT2D eigenvalue weighted by Crippen LogP contribution is 2.16. The molecule has 0 heterocycles. The molecule has 0 bridgehead atoms. The zero-order valence-corrected chi connectivity index (χ0v) is 19.9. The third-order valence-corrected chi connectivity index (χ3v) is 5.07. The summed E-state index contributed by atoms with van der Waals surface area (Å²) in [7, 11) is 0. The second kappa shape index (κ2) is 15.6. The predicted molar refractivity (Wildman–Crippen MR) is 124 cm³/mol. The summed E-state index contributed by atoms with van der Waals surface area (Å²) in [5.74, 6) is -5.19. The number of aromatic hydroxyl groups is 1. The number of carboxylic acid groups (broad SMARTS) is 3. The molecule has 34 heavy (non-hydrogen) atoms. The molecule has 0 aromatic heterocycles. The summed E-state index contributed by atoms with van der Waals surface area (Å²) in [4.78, 5) is 44.9. The monoisotopic (exact) mass is 484 g/mol. The number of amides is 1. The molecule has 0 fully saturated rings. The van der Waals surface area contributed by atoms with Crippen LogP contribution in [0.1, 0.15) is 63.2 Å². The lowest BCUT2D eigenvalue weighted by Gasteiger charge is -2.19. The van der Waals surface area contributed by atoms with E-state index < -0.39 is 36.4 Å². The fraction of sp³-hybridized carbons (Fsp3) is 0.565. The van der Waals surface area contributed by atoms with Crippen LogP contribution in [0.25, 0.3) is 0 Å². The highest BCUT2D eigenvalue weighted by molar-refractivity contribution is 5.96. The van der Waals surface area contributed by atoms with E-state index in [2.05, 4.69) is 24.1 Å². The third-order valence-electron chi connectivity index (χ3n) is 5.07. The first-order valence-corrected chi connectivity index (χ1v) is 11.1. The van der Waals surface area contributed by atoms with Crippen LogP contribution in [0.4, 0.5) is 0 Å². The van der Waals surface area contributed by atoms with E-state index in [0.29, 0.717) is 5.56 Å². The first-order chi connectivity index (χ1) is 15.9. The van der Waals surface area contributed by atoms with E-state index in [1.807, 2.05) is 6.92 Å². The van der Waals surface area contributed by atoms with Crippen LogP contribution in [-0.4, -0.2) is 85.5 Å². The molecule has 0 aliphatic carbocycles. The number of carbonyl (C=O) groups excluding carboxylic acids is 1. The van der Waals surface area contributed by atoms with E-state index in [4.69, 9.17) is 20.4 Å². The van der Waals surface area contributed by atoms with Gasteiger partial charge in [-0.2, -0.15) is 0 Å². The summed E-state index contributed by atoms with van der Waals surface area (Å²) in [6.45, 7) is 9.67. The second-order valence-electron chi connectivity index (χ2n) is 7.89. The number of nitrogens with one attached hydrogen (secondary N) is 1. The summed E-state index contributed by atoms with van der Waals surface area (Å²) < 4.78 is 0. The van der Waals surface area contributed by atoms with Crippen LogP contribution in [0.3, 0.4) is 0 Å². The highest BCUT2D eigenvalue weighted by Gasteiger charge is 2.40. The quantitative estimate of drug-likeness (QED) is 0.213. The minimum Gasteiger partial charge on any atom is -0.507 e. The number of rotatable bonds is 14. The zero-order chi connectivity index (χ0) is 26.3. The number of unbranched alkanes of at least 4 members (excludes halogenated alkanes) is 1. The van der Waals surface area contributed by atoms with E-state index in [1.54, 1.807) is 18.2 Å². The third kappa shape index (κ3) is 12.2. The summed E-state index contributed by atoms with van der Waals surface area (Å²) >= 11 is 0. The Morgan fingerprint density at radius 3 is 1.94 bits per heavy atom. The number of carbonyl (C=O) groups is 4. The lowest BCUT2D eigenvalue weighted by molar-refractivity contribution is -0.170. The highest BCUT2D eigenvalue weighted by atomic mass is 16.4. The summed E-state index contributed by atoms with van der Waals surface area (Å²) in [6.07, 6.45) is 0.918. The van der Waals surface area contributed by atoms with Gasteiger partial charge in [-0.3, -0.25) is 14.4 Å². The van der Waals surface area contributed by atoms with Crippen molar-refractivity contribution in [2.45, 2.75) is 64.5 Å². The van der Waals surface area contributed by atoms with Gasteiger partial charge in [0.15, 0.2) is 5.60 Å². The van der Waals surface area contributed by atoms with E-state index >= 15 is 0 Å². The maximum Gasteiger partial charge on any atom is 0.336 e. The lowest BCUT2D eigenvalue weighted by Crippen LogP contribution is -2.42. The van der Waals surface area contributed by atoms with Gasteiger partial charge in [0.2, 0.25) is 0 Å². The maximum atomic E-state index is 12.0. The molecule has 1 aromatic carbocycles. The van der Waals surface area contributed by atoms with Crippen molar-refractivity contribution in [3.05, 3.63) is 29.8 Å². The van der Waals surface area contributed by atoms with Gasteiger partial charge < -0.3 is 35.7 Å². The second-order valence-corrected chi connectivity index (χ2v) is 7.89. The molecule has 6 N–H and O–H groups in total. The van der Waals surface area contributed by atoms with Gasteiger partial charge in [-0.25, -0.2) is 4.79 Å². The van der Waals surface area contributed by atoms with Crippen molar-refractivity contribution in [1.29, 1.82) is 0 Å². The fourth-order valence-electron chi connectivity index (χ4n) is 3.08. The Balaban J connectivity index is 0.000000722.